The number of benzene rings is 1. The molecule has 0 saturated heterocycles. The lowest BCUT2D eigenvalue weighted by Gasteiger charge is -2.08. The molecular weight excluding hydrogens is 263 g/mol. The van der Waals surface area contributed by atoms with Gasteiger partial charge in [0.1, 0.15) is 11.6 Å². The molecule has 19 heavy (non-hydrogen) atoms. The summed E-state index contributed by atoms with van der Waals surface area (Å²) in [6, 6.07) is 4.76. The van der Waals surface area contributed by atoms with Gasteiger partial charge >= 0.3 is 0 Å². The first kappa shape index (κ1) is 13.8. The van der Waals surface area contributed by atoms with Crippen molar-refractivity contribution < 1.29 is 9.13 Å². The van der Waals surface area contributed by atoms with E-state index in [9.17, 15) is 4.39 Å². The van der Waals surface area contributed by atoms with Gasteiger partial charge in [0.25, 0.3) is 0 Å². The van der Waals surface area contributed by atoms with Crippen molar-refractivity contribution in [3.05, 3.63) is 40.2 Å². The topological polar surface area (TPSA) is 48.1 Å². The Labute approximate surface area is 116 Å². The average molecular weight is 280 g/mol. The maximum atomic E-state index is 13.8. The summed E-state index contributed by atoms with van der Waals surface area (Å²) in [5.41, 5.74) is 7.30. The molecule has 3 nitrogen and oxygen atoms in total. The molecule has 0 aliphatic carbocycles. The number of nitrogens with zero attached hydrogens (tertiary/aromatic N) is 1. The van der Waals surface area contributed by atoms with E-state index in [-0.39, 0.29) is 11.7 Å². The van der Waals surface area contributed by atoms with Crippen LogP contribution >= 0.6 is 11.3 Å². The Hall–Kier alpha value is -1.62. The van der Waals surface area contributed by atoms with Crippen LogP contribution in [0.5, 0.6) is 5.75 Å². The summed E-state index contributed by atoms with van der Waals surface area (Å²) in [6.45, 7) is 4.11. The number of hydrogen-bond acceptors (Lipinski definition) is 4. The number of rotatable bonds is 4. The van der Waals surface area contributed by atoms with Crippen LogP contribution in [0.25, 0.3) is 0 Å². The molecule has 0 fully saturated rings. The minimum absolute atomic E-state index is 0.234. The van der Waals surface area contributed by atoms with E-state index < -0.39 is 0 Å². The van der Waals surface area contributed by atoms with Crippen molar-refractivity contribution in [3.8, 4) is 5.75 Å². The van der Waals surface area contributed by atoms with Crippen molar-refractivity contribution in [2.24, 2.45) is 0 Å². The number of aromatic nitrogens is 1. The van der Waals surface area contributed by atoms with Gasteiger partial charge in [0.2, 0.25) is 0 Å². The van der Waals surface area contributed by atoms with E-state index in [4.69, 9.17) is 10.5 Å². The molecule has 1 aromatic carbocycles. The summed E-state index contributed by atoms with van der Waals surface area (Å²) in [5.74, 6) is 0.694. The summed E-state index contributed by atoms with van der Waals surface area (Å²) in [4.78, 5) is 5.33. The Morgan fingerprint density at radius 2 is 2.16 bits per heavy atom. The van der Waals surface area contributed by atoms with Crippen LogP contribution in [-0.2, 0) is 6.42 Å². The third-order valence-electron chi connectivity index (χ3n) is 2.89. The molecule has 1 heterocycles. The second-order valence-corrected chi connectivity index (χ2v) is 5.76. The summed E-state index contributed by atoms with van der Waals surface area (Å²) in [7, 11) is 1.57. The Kier molecular flexibility index (Phi) is 4.04. The highest BCUT2D eigenvalue weighted by Gasteiger charge is 2.15. The Bertz CT molecular complexity index is 581. The minimum Gasteiger partial charge on any atom is -0.497 e. The molecular formula is C14H17FN2OS. The van der Waals surface area contributed by atoms with Crippen LogP contribution < -0.4 is 10.5 Å². The van der Waals surface area contributed by atoms with E-state index in [1.807, 2.05) is 0 Å². The first-order valence-electron chi connectivity index (χ1n) is 6.08. The number of nitrogen functional groups attached to an aromatic ring is 1. The fourth-order valence-electron chi connectivity index (χ4n) is 1.95. The van der Waals surface area contributed by atoms with Gasteiger partial charge in [-0.05, 0) is 29.7 Å². The van der Waals surface area contributed by atoms with Crippen LogP contribution in [0.15, 0.2) is 18.2 Å². The minimum atomic E-state index is -0.234. The number of nitrogens with two attached hydrogens (primary N) is 1. The molecule has 0 spiro atoms. The first-order chi connectivity index (χ1) is 9.01. The fraction of sp³-hybridized carbons (Fsp3) is 0.357. The van der Waals surface area contributed by atoms with Crippen LogP contribution in [-0.4, -0.2) is 12.1 Å². The highest BCUT2D eigenvalue weighted by Crippen LogP contribution is 2.30. The third-order valence-corrected chi connectivity index (χ3v) is 3.80. The number of thiazole rings is 1. The van der Waals surface area contributed by atoms with Crippen LogP contribution in [0.4, 0.5) is 9.52 Å². The average Bonchev–Trinajstić information content (AvgIpc) is 2.73. The van der Waals surface area contributed by atoms with Crippen LogP contribution in [0.2, 0.25) is 0 Å². The van der Waals surface area contributed by atoms with Gasteiger partial charge in [-0.1, -0.05) is 13.8 Å². The maximum Gasteiger partial charge on any atom is 0.180 e. The lowest BCUT2D eigenvalue weighted by atomic mass is 10.0. The number of hydrogen-bond donors (Lipinski definition) is 1. The van der Waals surface area contributed by atoms with Crippen molar-refractivity contribution in [2.75, 3.05) is 12.8 Å². The lowest BCUT2D eigenvalue weighted by molar-refractivity contribution is 0.413. The summed E-state index contributed by atoms with van der Waals surface area (Å²) in [5, 5.41) is 0.530. The van der Waals surface area contributed by atoms with Crippen molar-refractivity contribution in [1.29, 1.82) is 0 Å². The lowest BCUT2D eigenvalue weighted by Crippen LogP contribution is -1.98. The van der Waals surface area contributed by atoms with Gasteiger partial charge in [-0.3, -0.25) is 0 Å². The predicted molar refractivity (Wildman–Crippen MR) is 76.4 cm³/mol. The van der Waals surface area contributed by atoms with Gasteiger partial charge < -0.3 is 10.5 Å². The molecule has 1 aromatic heterocycles. The summed E-state index contributed by atoms with van der Waals surface area (Å²) in [6.07, 6.45) is 0.491. The zero-order valence-electron chi connectivity index (χ0n) is 11.2. The first-order valence-corrected chi connectivity index (χ1v) is 6.90. The van der Waals surface area contributed by atoms with Crippen molar-refractivity contribution in [3.63, 3.8) is 0 Å². The van der Waals surface area contributed by atoms with Gasteiger partial charge in [0.15, 0.2) is 5.13 Å². The highest BCUT2D eigenvalue weighted by molar-refractivity contribution is 7.15. The van der Waals surface area contributed by atoms with Gasteiger partial charge in [-0.25, -0.2) is 9.37 Å². The molecule has 0 bridgehead atoms. The summed E-state index contributed by atoms with van der Waals surface area (Å²) >= 11 is 1.42. The highest BCUT2D eigenvalue weighted by atomic mass is 32.1. The molecule has 2 N–H and O–H groups in total. The molecule has 0 radical (unpaired) electrons. The number of ether oxygens (including phenoxy) is 1. The van der Waals surface area contributed by atoms with Crippen LogP contribution in [0.3, 0.4) is 0 Å². The molecule has 0 amide bonds. The van der Waals surface area contributed by atoms with E-state index in [2.05, 4.69) is 18.8 Å². The van der Waals surface area contributed by atoms with E-state index in [0.29, 0.717) is 22.9 Å². The van der Waals surface area contributed by atoms with Crippen molar-refractivity contribution >= 4 is 16.5 Å². The number of anilines is 1. The van der Waals surface area contributed by atoms with E-state index in [1.54, 1.807) is 19.2 Å². The molecule has 2 aromatic rings. The van der Waals surface area contributed by atoms with E-state index >= 15 is 0 Å². The van der Waals surface area contributed by atoms with Crippen LogP contribution in [0.1, 0.15) is 35.9 Å². The molecule has 0 saturated carbocycles. The largest absolute Gasteiger partial charge is 0.497 e. The van der Waals surface area contributed by atoms with Crippen LogP contribution in [0, 0.1) is 5.82 Å². The number of halogens is 1. The number of methoxy groups -OCH3 is 1. The zero-order chi connectivity index (χ0) is 14.0. The zero-order valence-corrected chi connectivity index (χ0v) is 12.1. The van der Waals surface area contributed by atoms with Gasteiger partial charge in [-0.2, -0.15) is 0 Å². The molecule has 2 rings (SSSR count). The third kappa shape index (κ3) is 3.04. The Morgan fingerprint density at radius 3 is 2.79 bits per heavy atom. The fourth-order valence-corrected chi connectivity index (χ4v) is 2.96. The van der Waals surface area contributed by atoms with Crippen molar-refractivity contribution in [2.45, 2.75) is 26.2 Å². The van der Waals surface area contributed by atoms with E-state index in [1.165, 1.54) is 17.4 Å². The van der Waals surface area contributed by atoms with E-state index in [0.717, 1.165) is 10.6 Å². The van der Waals surface area contributed by atoms with Gasteiger partial charge in [0, 0.05) is 11.3 Å². The molecule has 102 valence electrons. The van der Waals surface area contributed by atoms with Gasteiger partial charge in [0.05, 0.1) is 12.8 Å². The Morgan fingerprint density at radius 1 is 1.42 bits per heavy atom. The molecule has 5 heteroatoms. The molecule has 0 unspecified atom stereocenters. The predicted octanol–water partition coefficient (Wildman–Crippen LogP) is 3.59. The smallest absolute Gasteiger partial charge is 0.180 e. The van der Waals surface area contributed by atoms with Gasteiger partial charge in [-0.15, -0.1) is 11.3 Å². The molecule has 0 aliphatic heterocycles. The van der Waals surface area contributed by atoms with Crippen molar-refractivity contribution in [1.82, 2.24) is 4.98 Å². The maximum absolute atomic E-state index is 13.8. The summed E-state index contributed by atoms with van der Waals surface area (Å²) < 4.78 is 19.0. The SMILES string of the molecule is COc1ccc(F)c(Cc2sc(N)nc2C(C)C)c1. The molecule has 0 aliphatic rings. The monoisotopic (exact) mass is 280 g/mol. The second kappa shape index (κ2) is 5.57. The second-order valence-electron chi connectivity index (χ2n) is 4.65. The normalized spacial score (nSPS) is 11.0. The standard InChI is InChI=1S/C14H17FN2OS/c1-8(2)13-12(19-14(16)17-13)7-9-6-10(18-3)4-5-11(9)15/h4-6,8H,7H2,1-3H3,(H2,16,17). The molecule has 0 atom stereocenters. The Balaban J connectivity index is 2.35. The quantitative estimate of drug-likeness (QED) is 0.931.